The zero-order valence-corrected chi connectivity index (χ0v) is 11.4. The van der Waals surface area contributed by atoms with Gasteiger partial charge in [0.15, 0.2) is 0 Å². The predicted octanol–water partition coefficient (Wildman–Crippen LogP) is 3.14. The SMILES string of the molecule is Nc1ccc(NCc2cccc(CO)c2)c(Br)c1. The van der Waals surface area contributed by atoms with Gasteiger partial charge in [0.25, 0.3) is 0 Å². The van der Waals surface area contributed by atoms with Crippen LogP contribution >= 0.6 is 15.9 Å². The Labute approximate surface area is 115 Å². The number of nitrogens with one attached hydrogen (secondary N) is 1. The number of hydrogen-bond acceptors (Lipinski definition) is 3. The van der Waals surface area contributed by atoms with Crippen molar-refractivity contribution in [1.29, 1.82) is 0 Å². The molecule has 2 rings (SSSR count). The zero-order chi connectivity index (χ0) is 13.0. The molecule has 0 bridgehead atoms. The third kappa shape index (κ3) is 3.24. The van der Waals surface area contributed by atoms with Crippen LogP contribution in [-0.4, -0.2) is 5.11 Å². The Kier molecular flexibility index (Phi) is 4.23. The van der Waals surface area contributed by atoms with E-state index < -0.39 is 0 Å². The lowest BCUT2D eigenvalue weighted by molar-refractivity contribution is 0.281. The first kappa shape index (κ1) is 12.9. The number of anilines is 2. The first-order valence-corrected chi connectivity index (χ1v) is 6.46. The van der Waals surface area contributed by atoms with Crippen molar-refractivity contribution in [2.45, 2.75) is 13.2 Å². The standard InChI is InChI=1S/C14H15BrN2O/c15-13-7-12(16)4-5-14(13)17-8-10-2-1-3-11(6-10)9-18/h1-7,17-18H,8-9,16H2. The molecule has 0 radical (unpaired) electrons. The largest absolute Gasteiger partial charge is 0.399 e. The number of benzene rings is 2. The maximum absolute atomic E-state index is 9.08. The number of nitrogens with two attached hydrogens (primary N) is 1. The number of aliphatic hydroxyl groups is 1. The minimum absolute atomic E-state index is 0.0689. The van der Waals surface area contributed by atoms with Gasteiger partial charge in [-0.25, -0.2) is 0 Å². The van der Waals surface area contributed by atoms with Gasteiger partial charge >= 0.3 is 0 Å². The Balaban J connectivity index is 2.06. The lowest BCUT2D eigenvalue weighted by atomic mass is 10.1. The monoisotopic (exact) mass is 306 g/mol. The molecule has 0 saturated carbocycles. The van der Waals surface area contributed by atoms with E-state index in [4.69, 9.17) is 10.8 Å². The van der Waals surface area contributed by atoms with Crippen molar-refractivity contribution in [3.63, 3.8) is 0 Å². The summed E-state index contributed by atoms with van der Waals surface area (Å²) in [6, 6.07) is 13.5. The number of rotatable bonds is 4. The van der Waals surface area contributed by atoms with E-state index in [9.17, 15) is 0 Å². The van der Waals surface area contributed by atoms with E-state index in [1.165, 1.54) is 0 Å². The van der Waals surface area contributed by atoms with Gasteiger partial charge in [0, 0.05) is 22.4 Å². The summed E-state index contributed by atoms with van der Waals surface area (Å²) in [4.78, 5) is 0. The molecule has 0 aliphatic carbocycles. The predicted molar refractivity (Wildman–Crippen MR) is 78.2 cm³/mol. The van der Waals surface area contributed by atoms with Crippen LogP contribution in [0.4, 0.5) is 11.4 Å². The molecule has 18 heavy (non-hydrogen) atoms. The molecule has 0 atom stereocenters. The highest BCUT2D eigenvalue weighted by Gasteiger charge is 2.00. The van der Waals surface area contributed by atoms with Crippen LogP contribution in [0.5, 0.6) is 0 Å². The van der Waals surface area contributed by atoms with Crippen molar-refractivity contribution in [3.05, 3.63) is 58.1 Å². The molecule has 0 saturated heterocycles. The molecule has 0 heterocycles. The highest BCUT2D eigenvalue weighted by Crippen LogP contribution is 2.25. The summed E-state index contributed by atoms with van der Waals surface area (Å²) < 4.78 is 0.945. The third-order valence-corrected chi connectivity index (χ3v) is 3.31. The second-order valence-corrected chi connectivity index (χ2v) is 4.93. The number of nitrogen functional groups attached to an aromatic ring is 1. The van der Waals surface area contributed by atoms with E-state index >= 15 is 0 Å². The normalized spacial score (nSPS) is 10.3. The molecular weight excluding hydrogens is 292 g/mol. The molecular formula is C14H15BrN2O. The van der Waals surface area contributed by atoms with Crippen LogP contribution in [0.2, 0.25) is 0 Å². The van der Waals surface area contributed by atoms with Gasteiger partial charge in [-0.15, -0.1) is 0 Å². The fraction of sp³-hybridized carbons (Fsp3) is 0.143. The van der Waals surface area contributed by atoms with Crippen molar-refractivity contribution < 1.29 is 5.11 Å². The number of aliphatic hydroxyl groups excluding tert-OH is 1. The summed E-state index contributed by atoms with van der Waals surface area (Å²) in [7, 11) is 0. The molecule has 94 valence electrons. The molecule has 0 aliphatic heterocycles. The van der Waals surface area contributed by atoms with Crippen molar-refractivity contribution in [3.8, 4) is 0 Å². The molecule has 2 aromatic carbocycles. The molecule has 4 N–H and O–H groups in total. The summed E-state index contributed by atoms with van der Waals surface area (Å²) in [5, 5.41) is 12.4. The Hall–Kier alpha value is -1.52. The van der Waals surface area contributed by atoms with Crippen LogP contribution in [0.3, 0.4) is 0 Å². The van der Waals surface area contributed by atoms with Crippen LogP contribution in [0, 0.1) is 0 Å². The van der Waals surface area contributed by atoms with Crippen molar-refractivity contribution in [2.75, 3.05) is 11.1 Å². The topological polar surface area (TPSA) is 58.3 Å². The highest BCUT2D eigenvalue weighted by molar-refractivity contribution is 9.10. The van der Waals surface area contributed by atoms with Crippen LogP contribution in [-0.2, 0) is 13.2 Å². The highest BCUT2D eigenvalue weighted by atomic mass is 79.9. The van der Waals surface area contributed by atoms with Crippen LogP contribution < -0.4 is 11.1 Å². The molecule has 0 amide bonds. The first-order chi connectivity index (χ1) is 8.69. The van der Waals surface area contributed by atoms with E-state index in [-0.39, 0.29) is 6.61 Å². The summed E-state index contributed by atoms with van der Waals surface area (Å²) >= 11 is 3.47. The Morgan fingerprint density at radius 1 is 1.11 bits per heavy atom. The summed E-state index contributed by atoms with van der Waals surface area (Å²) in [6.45, 7) is 0.774. The lowest BCUT2D eigenvalue weighted by Gasteiger charge is -2.10. The Bertz CT molecular complexity index is 543. The summed E-state index contributed by atoms with van der Waals surface area (Å²) in [5.74, 6) is 0. The van der Waals surface area contributed by atoms with Gasteiger partial charge in [-0.2, -0.15) is 0 Å². The molecule has 4 heteroatoms. The van der Waals surface area contributed by atoms with Gasteiger partial charge in [0.05, 0.1) is 6.61 Å². The Morgan fingerprint density at radius 3 is 2.61 bits per heavy atom. The van der Waals surface area contributed by atoms with Crippen LogP contribution in [0.1, 0.15) is 11.1 Å². The first-order valence-electron chi connectivity index (χ1n) is 5.66. The second-order valence-electron chi connectivity index (χ2n) is 4.07. The maximum atomic E-state index is 9.08. The third-order valence-electron chi connectivity index (χ3n) is 2.65. The van der Waals surface area contributed by atoms with Gasteiger partial charge in [0.2, 0.25) is 0 Å². The average Bonchev–Trinajstić information content (AvgIpc) is 2.38. The molecule has 0 aromatic heterocycles. The van der Waals surface area contributed by atoms with E-state index in [1.807, 2.05) is 42.5 Å². The average molecular weight is 307 g/mol. The molecule has 0 fully saturated rings. The minimum Gasteiger partial charge on any atom is -0.399 e. The van der Waals surface area contributed by atoms with Crippen LogP contribution in [0.25, 0.3) is 0 Å². The van der Waals surface area contributed by atoms with Gasteiger partial charge < -0.3 is 16.2 Å². The van der Waals surface area contributed by atoms with Crippen molar-refractivity contribution in [2.24, 2.45) is 0 Å². The zero-order valence-electron chi connectivity index (χ0n) is 9.86. The van der Waals surface area contributed by atoms with Gasteiger partial charge in [-0.3, -0.25) is 0 Å². The Morgan fingerprint density at radius 2 is 1.89 bits per heavy atom. The number of halogens is 1. The fourth-order valence-electron chi connectivity index (χ4n) is 1.71. The molecule has 0 aliphatic rings. The quantitative estimate of drug-likeness (QED) is 0.761. The molecule has 2 aromatic rings. The van der Waals surface area contributed by atoms with Crippen LogP contribution in [0.15, 0.2) is 46.9 Å². The van der Waals surface area contributed by atoms with Gasteiger partial charge in [-0.1, -0.05) is 24.3 Å². The van der Waals surface area contributed by atoms with E-state index in [0.29, 0.717) is 6.54 Å². The molecule has 0 unspecified atom stereocenters. The van der Waals surface area contributed by atoms with Crippen molar-refractivity contribution >= 4 is 27.3 Å². The molecule has 0 spiro atoms. The lowest BCUT2D eigenvalue weighted by Crippen LogP contribution is -2.01. The summed E-state index contributed by atoms with van der Waals surface area (Å²) in [6.07, 6.45) is 0. The van der Waals surface area contributed by atoms with E-state index in [1.54, 1.807) is 0 Å². The molecule has 3 nitrogen and oxygen atoms in total. The van der Waals surface area contributed by atoms with Gasteiger partial charge in [-0.05, 0) is 45.3 Å². The van der Waals surface area contributed by atoms with Gasteiger partial charge in [0.1, 0.15) is 0 Å². The second kappa shape index (κ2) is 5.89. The smallest absolute Gasteiger partial charge is 0.0681 e. The van der Waals surface area contributed by atoms with E-state index in [0.717, 1.165) is 27.0 Å². The minimum atomic E-state index is 0.0689. The van der Waals surface area contributed by atoms with E-state index in [2.05, 4.69) is 21.2 Å². The number of hydrogen-bond donors (Lipinski definition) is 3. The maximum Gasteiger partial charge on any atom is 0.0681 e. The van der Waals surface area contributed by atoms with Crippen molar-refractivity contribution in [1.82, 2.24) is 0 Å². The fourth-order valence-corrected chi connectivity index (χ4v) is 2.25. The summed E-state index contributed by atoms with van der Waals surface area (Å²) in [5.41, 5.74) is 9.47.